The van der Waals surface area contributed by atoms with E-state index in [1.807, 2.05) is 13.8 Å². The van der Waals surface area contributed by atoms with Gasteiger partial charge in [0, 0.05) is 18.0 Å². The molecule has 0 spiro atoms. The van der Waals surface area contributed by atoms with Crippen molar-refractivity contribution in [3.8, 4) is 5.75 Å². The van der Waals surface area contributed by atoms with E-state index in [-0.39, 0.29) is 5.92 Å². The predicted molar refractivity (Wildman–Crippen MR) is 49.8 cm³/mol. The van der Waals surface area contributed by atoms with E-state index in [2.05, 4.69) is 4.98 Å². The lowest BCUT2D eigenvalue weighted by molar-refractivity contribution is 0.0812. The van der Waals surface area contributed by atoms with E-state index in [0.717, 1.165) is 5.56 Å². The molecule has 0 amide bonds. The van der Waals surface area contributed by atoms with Crippen LogP contribution in [0.3, 0.4) is 0 Å². The summed E-state index contributed by atoms with van der Waals surface area (Å²) in [5.74, 6) is 0.715. The topological polar surface area (TPSA) is 22.1 Å². The molecule has 0 fully saturated rings. The van der Waals surface area contributed by atoms with Crippen molar-refractivity contribution in [2.75, 3.05) is 6.61 Å². The Bertz CT molecular complexity index is 289. The minimum Gasteiger partial charge on any atom is -0.487 e. The molecule has 0 aliphatic carbocycles. The zero-order valence-corrected chi connectivity index (χ0v) is 8.21. The SMILES string of the molecule is CC(C)c1cnccc1OCC(F)F. The summed E-state index contributed by atoms with van der Waals surface area (Å²) >= 11 is 0. The fraction of sp³-hybridized carbons (Fsp3) is 0.500. The number of pyridine rings is 1. The van der Waals surface area contributed by atoms with Gasteiger partial charge >= 0.3 is 0 Å². The maximum atomic E-state index is 11.9. The highest BCUT2D eigenvalue weighted by Crippen LogP contribution is 2.24. The monoisotopic (exact) mass is 201 g/mol. The summed E-state index contributed by atoms with van der Waals surface area (Å²) in [5, 5.41) is 0. The molecule has 0 saturated heterocycles. The first kappa shape index (κ1) is 10.9. The van der Waals surface area contributed by atoms with Gasteiger partial charge in [0.15, 0.2) is 0 Å². The van der Waals surface area contributed by atoms with Crippen LogP contribution in [0, 0.1) is 0 Å². The number of alkyl halides is 2. The lowest BCUT2D eigenvalue weighted by Gasteiger charge is -2.12. The summed E-state index contributed by atoms with van der Waals surface area (Å²) in [6.45, 7) is 3.36. The van der Waals surface area contributed by atoms with Gasteiger partial charge in [-0.2, -0.15) is 0 Å². The second-order valence-electron chi connectivity index (χ2n) is 3.27. The van der Waals surface area contributed by atoms with Crippen LogP contribution in [0.2, 0.25) is 0 Å². The molecular weight excluding hydrogens is 188 g/mol. The Kier molecular flexibility index (Phi) is 3.80. The van der Waals surface area contributed by atoms with Crippen molar-refractivity contribution in [2.24, 2.45) is 0 Å². The minimum absolute atomic E-state index is 0.219. The van der Waals surface area contributed by atoms with Crippen LogP contribution < -0.4 is 4.74 Å². The molecule has 78 valence electrons. The van der Waals surface area contributed by atoms with E-state index in [1.165, 1.54) is 6.20 Å². The average molecular weight is 201 g/mol. The standard InChI is InChI=1S/C10H13F2NO/c1-7(2)8-5-13-4-3-9(8)14-6-10(11)12/h3-5,7,10H,6H2,1-2H3. The lowest BCUT2D eigenvalue weighted by Crippen LogP contribution is -2.08. The van der Waals surface area contributed by atoms with E-state index >= 15 is 0 Å². The molecule has 1 aromatic rings. The molecule has 0 unspecified atom stereocenters. The van der Waals surface area contributed by atoms with Crippen LogP contribution in [0.15, 0.2) is 18.5 Å². The predicted octanol–water partition coefficient (Wildman–Crippen LogP) is 2.85. The molecule has 1 rings (SSSR count). The number of hydrogen-bond donors (Lipinski definition) is 0. The molecule has 0 aliphatic heterocycles. The molecule has 1 aromatic heterocycles. The molecule has 0 bridgehead atoms. The molecule has 1 heterocycles. The number of ether oxygens (including phenoxy) is 1. The van der Waals surface area contributed by atoms with Gasteiger partial charge in [-0.15, -0.1) is 0 Å². The van der Waals surface area contributed by atoms with Gasteiger partial charge in [0.05, 0.1) is 0 Å². The van der Waals surface area contributed by atoms with Crippen LogP contribution in [0.4, 0.5) is 8.78 Å². The van der Waals surface area contributed by atoms with E-state index in [1.54, 1.807) is 12.3 Å². The van der Waals surface area contributed by atoms with Crippen LogP contribution in [-0.4, -0.2) is 18.0 Å². The van der Waals surface area contributed by atoms with Gasteiger partial charge in [-0.3, -0.25) is 4.98 Å². The van der Waals surface area contributed by atoms with E-state index < -0.39 is 13.0 Å². The number of nitrogens with zero attached hydrogens (tertiary/aromatic N) is 1. The van der Waals surface area contributed by atoms with Gasteiger partial charge < -0.3 is 4.74 Å². The van der Waals surface area contributed by atoms with Crippen molar-refractivity contribution < 1.29 is 13.5 Å². The largest absolute Gasteiger partial charge is 0.487 e. The third-order valence-electron chi connectivity index (χ3n) is 1.80. The summed E-state index contributed by atoms with van der Waals surface area (Å²) in [6.07, 6.45) is 0.737. The Morgan fingerprint density at radius 1 is 1.43 bits per heavy atom. The van der Waals surface area contributed by atoms with Gasteiger partial charge in [-0.05, 0) is 12.0 Å². The third kappa shape index (κ3) is 2.94. The van der Waals surface area contributed by atoms with Crippen LogP contribution in [0.1, 0.15) is 25.3 Å². The van der Waals surface area contributed by atoms with Gasteiger partial charge in [-0.25, -0.2) is 8.78 Å². The molecule has 0 saturated carbocycles. The fourth-order valence-corrected chi connectivity index (χ4v) is 1.11. The summed E-state index contributed by atoms with van der Waals surface area (Å²) in [5.41, 5.74) is 0.855. The molecule has 14 heavy (non-hydrogen) atoms. The van der Waals surface area contributed by atoms with Crippen molar-refractivity contribution in [1.82, 2.24) is 4.98 Å². The van der Waals surface area contributed by atoms with E-state index in [4.69, 9.17) is 4.74 Å². The summed E-state index contributed by atoms with van der Waals surface area (Å²) < 4.78 is 28.8. The molecule has 0 aromatic carbocycles. The van der Waals surface area contributed by atoms with Crippen LogP contribution in [0.25, 0.3) is 0 Å². The summed E-state index contributed by atoms with van der Waals surface area (Å²) in [6, 6.07) is 1.61. The molecule has 0 radical (unpaired) electrons. The maximum absolute atomic E-state index is 11.9. The molecule has 0 aliphatic rings. The number of rotatable bonds is 4. The second-order valence-corrected chi connectivity index (χ2v) is 3.27. The maximum Gasteiger partial charge on any atom is 0.272 e. The molecule has 0 atom stereocenters. The quantitative estimate of drug-likeness (QED) is 0.747. The van der Waals surface area contributed by atoms with E-state index in [0.29, 0.717) is 5.75 Å². The first-order valence-corrected chi connectivity index (χ1v) is 4.46. The van der Waals surface area contributed by atoms with Gasteiger partial charge in [0.25, 0.3) is 6.43 Å². The van der Waals surface area contributed by atoms with Crippen molar-refractivity contribution in [3.05, 3.63) is 24.0 Å². The Morgan fingerprint density at radius 3 is 2.71 bits per heavy atom. The van der Waals surface area contributed by atoms with Crippen LogP contribution in [-0.2, 0) is 0 Å². The molecule has 0 N–H and O–H groups in total. The highest BCUT2D eigenvalue weighted by Gasteiger charge is 2.09. The van der Waals surface area contributed by atoms with Crippen molar-refractivity contribution in [2.45, 2.75) is 26.2 Å². The molecular formula is C10H13F2NO. The highest BCUT2D eigenvalue weighted by atomic mass is 19.3. The summed E-state index contributed by atoms with van der Waals surface area (Å²) in [4.78, 5) is 3.93. The number of aromatic nitrogens is 1. The zero-order valence-electron chi connectivity index (χ0n) is 8.21. The Balaban J connectivity index is 2.74. The first-order chi connectivity index (χ1) is 6.61. The summed E-state index contributed by atoms with van der Waals surface area (Å²) in [7, 11) is 0. The number of halogens is 2. The molecule has 2 nitrogen and oxygen atoms in total. The second kappa shape index (κ2) is 4.88. The zero-order chi connectivity index (χ0) is 10.6. The highest BCUT2D eigenvalue weighted by molar-refractivity contribution is 5.32. The molecule has 4 heteroatoms. The number of hydrogen-bond acceptors (Lipinski definition) is 2. The normalized spacial score (nSPS) is 11.0. The minimum atomic E-state index is -2.44. The third-order valence-corrected chi connectivity index (χ3v) is 1.80. The van der Waals surface area contributed by atoms with Crippen molar-refractivity contribution >= 4 is 0 Å². The van der Waals surface area contributed by atoms with Crippen molar-refractivity contribution in [3.63, 3.8) is 0 Å². The van der Waals surface area contributed by atoms with Crippen LogP contribution in [0.5, 0.6) is 5.75 Å². The first-order valence-electron chi connectivity index (χ1n) is 4.46. The van der Waals surface area contributed by atoms with Gasteiger partial charge in [0.2, 0.25) is 0 Å². The Labute approximate surface area is 81.9 Å². The van der Waals surface area contributed by atoms with Gasteiger partial charge in [0.1, 0.15) is 12.4 Å². The van der Waals surface area contributed by atoms with Gasteiger partial charge in [-0.1, -0.05) is 13.8 Å². The van der Waals surface area contributed by atoms with E-state index in [9.17, 15) is 8.78 Å². The Morgan fingerprint density at radius 2 is 2.14 bits per heavy atom. The average Bonchev–Trinajstić information content (AvgIpc) is 2.15. The fourth-order valence-electron chi connectivity index (χ4n) is 1.11. The smallest absolute Gasteiger partial charge is 0.272 e. The van der Waals surface area contributed by atoms with Crippen LogP contribution >= 0.6 is 0 Å². The Hall–Kier alpha value is -1.19. The van der Waals surface area contributed by atoms with Crippen molar-refractivity contribution in [1.29, 1.82) is 0 Å². The lowest BCUT2D eigenvalue weighted by atomic mass is 10.1.